The molecule has 0 radical (unpaired) electrons. The highest BCUT2D eigenvalue weighted by Crippen LogP contribution is 2.31. The Morgan fingerprint density at radius 3 is 2.29 bits per heavy atom. The maximum absolute atomic E-state index is 13.6. The number of sulfonamides is 1. The summed E-state index contributed by atoms with van der Waals surface area (Å²) >= 11 is 0. The number of hydrogen-bond donors (Lipinski definition) is 1. The fraction of sp³-hybridized carbons (Fsp3) is 0.440. The van der Waals surface area contributed by atoms with Gasteiger partial charge in [-0.3, -0.25) is 13.9 Å². The number of nitrogens with zero attached hydrogens (tertiary/aromatic N) is 2. The Labute approximate surface area is 202 Å². The first-order valence-corrected chi connectivity index (χ1v) is 13.1. The number of carbonyl (C=O) groups is 2. The van der Waals surface area contributed by atoms with E-state index in [4.69, 9.17) is 4.74 Å². The van der Waals surface area contributed by atoms with Gasteiger partial charge < -0.3 is 15.0 Å². The minimum Gasteiger partial charge on any atom is -0.495 e. The van der Waals surface area contributed by atoms with E-state index in [-0.39, 0.29) is 24.2 Å². The number of benzene rings is 2. The number of methoxy groups -OCH3 is 1. The van der Waals surface area contributed by atoms with Gasteiger partial charge in [-0.15, -0.1) is 0 Å². The molecule has 34 heavy (non-hydrogen) atoms. The first-order chi connectivity index (χ1) is 16.0. The molecule has 2 amide bonds. The number of nitrogens with one attached hydrogen (secondary N) is 1. The van der Waals surface area contributed by atoms with Crippen molar-refractivity contribution in [1.29, 1.82) is 0 Å². The van der Waals surface area contributed by atoms with Crippen LogP contribution < -0.4 is 14.4 Å². The van der Waals surface area contributed by atoms with E-state index in [9.17, 15) is 18.0 Å². The van der Waals surface area contributed by atoms with Crippen molar-refractivity contribution in [2.75, 3.05) is 24.2 Å². The molecule has 0 aliphatic rings. The van der Waals surface area contributed by atoms with Gasteiger partial charge in [-0.25, -0.2) is 8.42 Å². The molecular weight excluding hydrogens is 454 g/mol. The van der Waals surface area contributed by atoms with E-state index in [0.29, 0.717) is 5.75 Å². The molecule has 0 saturated carbocycles. The molecule has 2 aromatic carbocycles. The maximum atomic E-state index is 13.6. The van der Waals surface area contributed by atoms with E-state index in [1.807, 2.05) is 51.1 Å². The fourth-order valence-corrected chi connectivity index (χ4v) is 4.26. The zero-order valence-electron chi connectivity index (χ0n) is 20.7. The molecule has 0 aliphatic carbocycles. The predicted octanol–water partition coefficient (Wildman–Crippen LogP) is 3.10. The van der Waals surface area contributed by atoms with Gasteiger partial charge in [0.05, 0.1) is 19.1 Å². The third kappa shape index (κ3) is 7.21. The fourth-order valence-electron chi connectivity index (χ4n) is 3.42. The third-order valence-electron chi connectivity index (χ3n) is 5.65. The molecule has 2 atom stereocenters. The number of anilines is 1. The zero-order valence-corrected chi connectivity index (χ0v) is 21.6. The lowest BCUT2D eigenvalue weighted by Gasteiger charge is -2.32. The third-order valence-corrected chi connectivity index (χ3v) is 6.77. The summed E-state index contributed by atoms with van der Waals surface area (Å²) < 4.78 is 31.9. The van der Waals surface area contributed by atoms with Gasteiger partial charge in [0.15, 0.2) is 0 Å². The van der Waals surface area contributed by atoms with E-state index in [1.165, 1.54) is 12.0 Å². The van der Waals surface area contributed by atoms with Gasteiger partial charge in [-0.1, -0.05) is 43.3 Å². The molecular formula is C25H35N3O5S. The van der Waals surface area contributed by atoms with Crippen LogP contribution in [0.3, 0.4) is 0 Å². The van der Waals surface area contributed by atoms with E-state index in [1.54, 1.807) is 25.1 Å². The van der Waals surface area contributed by atoms with Gasteiger partial charge in [-0.05, 0) is 50.5 Å². The SMILES string of the molecule is CC[C@H](C)NC(=O)[C@@H](C)N(Cc1ccccc1)C(=O)CN(c1cc(C)ccc1OC)S(C)(=O)=O. The van der Waals surface area contributed by atoms with Crippen molar-refractivity contribution in [2.24, 2.45) is 0 Å². The number of amides is 2. The summed E-state index contributed by atoms with van der Waals surface area (Å²) in [6.07, 6.45) is 1.79. The van der Waals surface area contributed by atoms with Crippen LogP contribution in [0.15, 0.2) is 48.5 Å². The highest BCUT2D eigenvalue weighted by Gasteiger charge is 2.31. The largest absolute Gasteiger partial charge is 0.495 e. The minimum atomic E-state index is -3.83. The molecule has 0 unspecified atom stereocenters. The van der Waals surface area contributed by atoms with Gasteiger partial charge in [0, 0.05) is 12.6 Å². The molecule has 9 heteroatoms. The van der Waals surface area contributed by atoms with Crippen molar-refractivity contribution in [1.82, 2.24) is 10.2 Å². The molecule has 8 nitrogen and oxygen atoms in total. The van der Waals surface area contributed by atoms with Crippen molar-refractivity contribution >= 4 is 27.5 Å². The van der Waals surface area contributed by atoms with Crippen LogP contribution in [0.5, 0.6) is 5.75 Å². The minimum absolute atomic E-state index is 0.0484. The van der Waals surface area contributed by atoms with Crippen LogP contribution in [0.2, 0.25) is 0 Å². The second kappa shape index (κ2) is 11.9. The van der Waals surface area contributed by atoms with Gasteiger partial charge in [0.1, 0.15) is 18.3 Å². The molecule has 0 saturated heterocycles. The topological polar surface area (TPSA) is 96.0 Å². The lowest BCUT2D eigenvalue weighted by atomic mass is 10.1. The van der Waals surface area contributed by atoms with Gasteiger partial charge in [-0.2, -0.15) is 0 Å². The number of ether oxygens (including phenoxy) is 1. The van der Waals surface area contributed by atoms with Crippen LogP contribution in [0.4, 0.5) is 5.69 Å². The van der Waals surface area contributed by atoms with E-state index >= 15 is 0 Å². The van der Waals surface area contributed by atoms with Crippen molar-refractivity contribution in [3.05, 3.63) is 59.7 Å². The Hall–Kier alpha value is -3.07. The van der Waals surface area contributed by atoms with Crippen molar-refractivity contribution in [3.63, 3.8) is 0 Å². The van der Waals surface area contributed by atoms with Crippen LogP contribution in [-0.4, -0.2) is 57.1 Å². The zero-order chi connectivity index (χ0) is 25.5. The van der Waals surface area contributed by atoms with E-state index in [2.05, 4.69) is 5.32 Å². The summed E-state index contributed by atoms with van der Waals surface area (Å²) in [4.78, 5) is 27.9. The normalized spacial score (nSPS) is 13.0. The summed E-state index contributed by atoms with van der Waals surface area (Å²) in [6.45, 7) is 7.03. The Kier molecular flexibility index (Phi) is 9.49. The van der Waals surface area contributed by atoms with Crippen LogP contribution in [-0.2, 0) is 26.2 Å². The van der Waals surface area contributed by atoms with Crippen LogP contribution in [0.25, 0.3) is 0 Å². The van der Waals surface area contributed by atoms with Gasteiger partial charge in [0.2, 0.25) is 21.8 Å². The summed E-state index contributed by atoms with van der Waals surface area (Å²) in [5.41, 5.74) is 1.92. The summed E-state index contributed by atoms with van der Waals surface area (Å²) in [7, 11) is -2.39. The molecule has 2 rings (SSSR count). The summed E-state index contributed by atoms with van der Waals surface area (Å²) in [5, 5.41) is 2.91. The van der Waals surface area contributed by atoms with Crippen LogP contribution >= 0.6 is 0 Å². The Bertz CT molecular complexity index is 1090. The molecule has 2 aromatic rings. The molecule has 0 spiro atoms. The highest BCUT2D eigenvalue weighted by molar-refractivity contribution is 7.92. The van der Waals surface area contributed by atoms with Crippen molar-refractivity contribution in [2.45, 2.75) is 52.7 Å². The number of aryl methyl sites for hydroxylation is 1. The maximum Gasteiger partial charge on any atom is 0.244 e. The second-order valence-corrected chi connectivity index (χ2v) is 10.4. The predicted molar refractivity (Wildman–Crippen MR) is 134 cm³/mol. The summed E-state index contributed by atoms with van der Waals surface area (Å²) in [6, 6.07) is 13.6. The monoisotopic (exact) mass is 489 g/mol. The molecule has 0 heterocycles. The Balaban J connectivity index is 2.43. The molecule has 0 bridgehead atoms. The van der Waals surface area contributed by atoms with Crippen LogP contribution in [0, 0.1) is 6.92 Å². The van der Waals surface area contributed by atoms with Crippen molar-refractivity contribution in [3.8, 4) is 5.75 Å². The Morgan fingerprint density at radius 2 is 1.74 bits per heavy atom. The number of rotatable bonds is 11. The first kappa shape index (κ1) is 27.2. The van der Waals surface area contributed by atoms with Gasteiger partial charge in [0.25, 0.3) is 0 Å². The quantitative estimate of drug-likeness (QED) is 0.523. The number of carbonyl (C=O) groups excluding carboxylic acids is 2. The first-order valence-electron chi connectivity index (χ1n) is 11.2. The standard InChI is InChI=1S/C25H35N3O5S/c1-7-19(3)26-25(30)20(4)27(16-21-11-9-8-10-12-21)24(29)17-28(34(6,31)32)22-15-18(2)13-14-23(22)33-5/h8-15,19-20H,7,16-17H2,1-6H3,(H,26,30)/t19-,20+/m0/s1. The highest BCUT2D eigenvalue weighted by atomic mass is 32.2. The number of hydrogen-bond acceptors (Lipinski definition) is 5. The average Bonchev–Trinajstić information content (AvgIpc) is 2.80. The van der Waals surface area contributed by atoms with Gasteiger partial charge >= 0.3 is 0 Å². The smallest absolute Gasteiger partial charge is 0.244 e. The van der Waals surface area contributed by atoms with E-state index < -0.39 is 28.5 Å². The second-order valence-electron chi connectivity index (χ2n) is 8.45. The average molecular weight is 490 g/mol. The Morgan fingerprint density at radius 1 is 1.09 bits per heavy atom. The lowest BCUT2D eigenvalue weighted by Crippen LogP contribution is -2.52. The summed E-state index contributed by atoms with van der Waals surface area (Å²) in [5.74, 6) is -0.455. The molecule has 1 N–H and O–H groups in total. The molecule has 0 aromatic heterocycles. The van der Waals surface area contributed by atoms with E-state index in [0.717, 1.165) is 28.1 Å². The lowest BCUT2D eigenvalue weighted by molar-refractivity contribution is -0.139. The molecule has 0 fully saturated rings. The van der Waals surface area contributed by atoms with Crippen molar-refractivity contribution < 1.29 is 22.7 Å². The van der Waals surface area contributed by atoms with Crippen LogP contribution in [0.1, 0.15) is 38.3 Å². The molecule has 0 aliphatic heterocycles. The molecule has 186 valence electrons.